The predicted molar refractivity (Wildman–Crippen MR) is 59.4 cm³/mol. The zero-order chi connectivity index (χ0) is 10.9. The molecule has 0 atom stereocenters. The van der Waals surface area contributed by atoms with Gasteiger partial charge in [-0.15, -0.1) is 0 Å². The third-order valence-corrected chi connectivity index (χ3v) is 3.12. The summed E-state index contributed by atoms with van der Waals surface area (Å²) in [5.41, 5.74) is 0.716. The van der Waals surface area contributed by atoms with Crippen molar-refractivity contribution in [2.24, 2.45) is 0 Å². The van der Waals surface area contributed by atoms with E-state index >= 15 is 0 Å². The first kappa shape index (κ1) is 10.7. The van der Waals surface area contributed by atoms with Crippen molar-refractivity contribution in [3.05, 3.63) is 28.8 Å². The Morgan fingerprint density at radius 3 is 2.73 bits per heavy atom. The van der Waals surface area contributed by atoms with Crippen molar-refractivity contribution in [3.63, 3.8) is 0 Å². The fraction of sp³-hybridized carbons (Fsp3) is 0.455. The van der Waals surface area contributed by atoms with Gasteiger partial charge in [0.15, 0.2) is 0 Å². The zero-order valence-electron chi connectivity index (χ0n) is 8.59. The van der Waals surface area contributed by atoms with Crippen molar-refractivity contribution in [2.75, 3.05) is 20.2 Å². The van der Waals surface area contributed by atoms with Crippen LogP contribution in [-0.4, -0.2) is 30.9 Å². The van der Waals surface area contributed by atoms with Crippen LogP contribution >= 0.6 is 11.6 Å². The van der Waals surface area contributed by atoms with Crippen LogP contribution in [0.4, 0.5) is 0 Å². The molecule has 0 spiro atoms. The third-order valence-electron chi connectivity index (χ3n) is 2.89. The molecule has 0 aliphatic carbocycles. The summed E-state index contributed by atoms with van der Waals surface area (Å²) >= 11 is 5.77. The van der Waals surface area contributed by atoms with Crippen LogP contribution in [0.3, 0.4) is 0 Å². The number of rotatable bonds is 3. The van der Waals surface area contributed by atoms with Crippen LogP contribution in [0, 0.1) is 0 Å². The average molecular weight is 228 g/mol. The minimum Gasteiger partial charge on any atom is -0.508 e. The largest absolute Gasteiger partial charge is 0.508 e. The maximum Gasteiger partial charge on any atom is 0.120 e. The molecule has 1 fully saturated rings. The number of benzene rings is 1. The van der Waals surface area contributed by atoms with Crippen LogP contribution in [0.25, 0.3) is 0 Å². The molecule has 0 amide bonds. The van der Waals surface area contributed by atoms with Crippen molar-refractivity contribution < 1.29 is 9.84 Å². The molecule has 0 aromatic heterocycles. The third kappa shape index (κ3) is 2.09. The normalized spacial score (nSPS) is 18.5. The van der Waals surface area contributed by atoms with E-state index in [4.69, 9.17) is 16.3 Å². The standard InChI is InChI=1S/C11H14ClNO2/c1-15-11(6-13-7-11)5-8-2-3-9(12)4-10(8)14/h2-4,13-14H,5-7H2,1H3. The van der Waals surface area contributed by atoms with E-state index < -0.39 is 0 Å². The number of ether oxygens (including phenoxy) is 1. The SMILES string of the molecule is COC1(Cc2ccc(Cl)cc2O)CNC1. The van der Waals surface area contributed by atoms with Crippen LogP contribution < -0.4 is 5.32 Å². The smallest absolute Gasteiger partial charge is 0.120 e. The van der Waals surface area contributed by atoms with Gasteiger partial charge in [-0.1, -0.05) is 17.7 Å². The van der Waals surface area contributed by atoms with E-state index in [2.05, 4.69) is 5.32 Å². The average Bonchev–Trinajstić information content (AvgIpc) is 2.14. The highest BCUT2D eigenvalue weighted by molar-refractivity contribution is 6.30. The van der Waals surface area contributed by atoms with Gasteiger partial charge >= 0.3 is 0 Å². The number of phenolic OH excluding ortho intramolecular Hbond substituents is 1. The van der Waals surface area contributed by atoms with Crippen molar-refractivity contribution in [2.45, 2.75) is 12.0 Å². The number of aromatic hydroxyl groups is 1. The Kier molecular flexibility index (Phi) is 2.87. The van der Waals surface area contributed by atoms with E-state index in [0.717, 1.165) is 18.7 Å². The quantitative estimate of drug-likeness (QED) is 0.824. The summed E-state index contributed by atoms with van der Waals surface area (Å²) in [6, 6.07) is 5.19. The topological polar surface area (TPSA) is 41.5 Å². The molecule has 82 valence electrons. The van der Waals surface area contributed by atoms with Crippen LogP contribution in [0.15, 0.2) is 18.2 Å². The Morgan fingerprint density at radius 2 is 2.27 bits per heavy atom. The predicted octanol–water partition coefficient (Wildman–Crippen LogP) is 1.58. The lowest BCUT2D eigenvalue weighted by molar-refractivity contribution is -0.0505. The van der Waals surface area contributed by atoms with Gasteiger partial charge in [0.2, 0.25) is 0 Å². The number of nitrogens with one attached hydrogen (secondary N) is 1. The molecule has 0 bridgehead atoms. The molecule has 1 aromatic carbocycles. The molecule has 1 saturated heterocycles. The number of halogens is 1. The molecule has 4 heteroatoms. The molecular formula is C11H14ClNO2. The minimum atomic E-state index is -0.161. The Bertz CT molecular complexity index is 358. The van der Waals surface area contributed by atoms with Crippen molar-refractivity contribution in [3.8, 4) is 5.75 Å². The van der Waals surface area contributed by atoms with E-state index in [1.165, 1.54) is 0 Å². The fourth-order valence-electron chi connectivity index (χ4n) is 1.78. The lowest BCUT2D eigenvalue weighted by atomic mass is 9.88. The van der Waals surface area contributed by atoms with Gasteiger partial charge in [-0.2, -0.15) is 0 Å². The van der Waals surface area contributed by atoms with E-state index in [1.807, 2.05) is 6.07 Å². The highest BCUT2D eigenvalue weighted by Gasteiger charge is 2.37. The second-order valence-electron chi connectivity index (χ2n) is 3.94. The lowest BCUT2D eigenvalue weighted by Gasteiger charge is -2.41. The van der Waals surface area contributed by atoms with Crippen LogP contribution in [0.1, 0.15) is 5.56 Å². The second kappa shape index (κ2) is 4.00. The number of phenols is 1. The Balaban J connectivity index is 2.16. The molecule has 3 nitrogen and oxygen atoms in total. The monoisotopic (exact) mass is 227 g/mol. The van der Waals surface area contributed by atoms with Gasteiger partial charge in [0.1, 0.15) is 5.75 Å². The number of hydrogen-bond acceptors (Lipinski definition) is 3. The van der Waals surface area contributed by atoms with E-state index in [0.29, 0.717) is 11.4 Å². The van der Waals surface area contributed by atoms with Gasteiger partial charge in [-0.25, -0.2) is 0 Å². The Morgan fingerprint density at radius 1 is 1.53 bits per heavy atom. The fourth-order valence-corrected chi connectivity index (χ4v) is 1.95. The molecule has 1 aromatic rings. The summed E-state index contributed by atoms with van der Waals surface area (Å²) in [5, 5.41) is 13.4. The van der Waals surface area contributed by atoms with E-state index in [1.54, 1.807) is 19.2 Å². The zero-order valence-corrected chi connectivity index (χ0v) is 9.34. The first-order valence-corrected chi connectivity index (χ1v) is 5.26. The molecule has 0 radical (unpaired) electrons. The van der Waals surface area contributed by atoms with Gasteiger partial charge < -0.3 is 15.2 Å². The maximum absolute atomic E-state index is 9.71. The van der Waals surface area contributed by atoms with Crippen LogP contribution in [0.5, 0.6) is 5.75 Å². The van der Waals surface area contributed by atoms with Crippen LogP contribution in [0.2, 0.25) is 5.02 Å². The summed E-state index contributed by atoms with van der Waals surface area (Å²) < 4.78 is 5.46. The molecule has 1 aliphatic heterocycles. The van der Waals surface area contributed by atoms with E-state index in [9.17, 15) is 5.11 Å². The minimum absolute atomic E-state index is 0.161. The number of methoxy groups -OCH3 is 1. The molecule has 1 aliphatic rings. The molecule has 0 unspecified atom stereocenters. The summed E-state index contributed by atoms with van der Waals surface area (Å²) in [7, 11) is 1.70. The highest BCUT2D eigenvalue weighted by atomic mass is 35.5. The molecule has 1 heterocycles. The molecule has 15 heavy (non-hydrogen) atoms. The van der Waals surface area contributed by atoms with Gasteiger partial charge in [-0.3, -0.25) is 0 Å². The molecule has 2 rings (SSSR count). The van der Waals surface area contributed by atoms with Crippen LogP contribution in [-0.2, 0) is 11.2 Å². The Hall–Kier alpha value is -0.770. The van der Waals surface area contributed by atoms with Gasteiger partial charge in [0.25, 0.3) is 0 Å². The first-order chi connectivity index (χ1) is 7.15. The van der Waals surface area contributed by atoms with Crippen molar-refractivity contribution in [1.82, 2.24) is 5.32 Å². The van der Waals surface area contributed by atoms with Gasteiger partial charge in [0.05, 0.1) is 5.60 Å². The summed E-state index contributed by atoms with van der Waals surface area (Å²) in [6.45, 7) is 1.65. The molecule has 2 N–H and O–H groups in total. The second-order valence-corrected chi connectivity index (χ2v) is 4.38. The Labute approximate surface area is 94.0 Å². The van der Waals surface area contributed by atoms with Gasteiger partial charge in [0, 0.05) is 31.6 Å². The summed E-state index contributed by atoms with van der Waals surface area (Å²) in [5.74, 6) is 0.242. The van der Waals surface area contributed by atoms with Crippen molar-refractivity contribution >= 4 is 11.6 Å². The summed E-state index contributed by atoms with van der Waals surface area (Å²) in [6.07, 6.45) is 0.708. The molecule has 0 saturated carbocycles. The summed E-state index contributed by atoms with van der Waals surface area (Å²) in [4.78, 5) is 0. The maximum atomic E-state index is 9.71. The van der Waals surface area contributed by atoms with E-state index in [-0.39, 0.29) is 11.4 Å². The number of hydrogen-bond donors (Lipinski definition) is 2. The first-order valence-electron chi connectivity index (χ1n) is 4.88. The van der Waals surface area contributed by atoms with Gasteiger partial charge in [-0.05, 0) is 17.7 Å². The lowest BCUT2D eigenvalue weighted by Crippen LogP contribution is -2.61. The molecular weight excluding hydrogens is 214 g/mol. The van der Waals surface area contributed by atoms with Crippen molar-refractivity contribution in [1.29, 1.82) is 0 Å². The highest BCUT2D eigenvalue weighted by Crippen LogP contribution is 2.28.